The normalized spacial score (nSPS) is 10.2. The van der Waals surface area contributed by atoms with Crippen molar-refractivity contribution in [1.29, 1.82) is 0 Å². The fourth-order valence-corrected chi connectivity index (χ4v) is 2.47. The van der Waals surface area contributed by atoms with Gasteiger partial charge in [0.15, 0.2) is 11.5 Å². The van der Waals surface area contributed by atoms with Gasteiger partial charge in [-0.25, -0.2) is 0 Å². The standard InChI is InChI=1S/C20H23N3O7/c1-4-19(24)21-13-5-7-14(8-6-13)22-20(25)15-11-17(29-3)18(30-10-9-28-2)12-16(15)23(26)27/h5-8,11-12H,4,9-10H2,1-3H3,(H,21,24)(H,22,25). The zero-order valence-corrected chi connectivity index (χ0v) is 16.9. The smallest absolute Gasteiger partial charge is 0.286 e. The molecule has 2 aromatic carbocycles. The van der Waals surface area contributed by atoms with Crippen molar-refractivity contribution in [2.24, 2.45) is 0 Å². The Labute approximate surface area is 173 Å². The molecule has 160 valence electrons. The van der Waals surface area contributed by atoms with Crippen molar-refractivity contribution in [1.82, 2.24) is 0 Å². The molecule has 0 radical (unpaired) electrons. The summed E-state index contributed by atoms with van der Waals surface area (Å²) >= 11 is 0. The summed E-state index contributed by atoms with van der Waals surface area (Å²) in [6.07, 6.45) is 0.342. The van der Waals surface area contributed by atoms with Crippen LogP contribution < -0.4 is 20.1 Å². The average Bonchev–Trinajstić information content (AvgIpc) is 2.74. The molecule has 0 saturated carbocycles. The lowest BCUT2D eigenvalue weighted by Gasteiger charge is -2.13. The lowest BCUT2D eigenvalue weighted by Crippen LogP contribution is -2.15. The fourth-order valence-electron chi connectivity index (χ4n) is 2.47. The van der Waals surface area contributed by atoms with E-state index in [2.05, 4.69) is 10.6 Å². The Morgan fingerprint density at radius 1 is 1.00 bits per heavy atom. The van der Waals surface area contributed by atoms with Crippen LogP contribution in [0.1, 0.15) is 23.7 Å². The van der Waals surface area contributed by atoms with Crippen LogP contribution >= 0.6 is 0 Å². The molecule has 0 unspecified atom stereocenters. The molecule has 2 rings (SSSR count). The zero-order valence-electron chi connectivity index (χ0n) is 16.9. The monoisotopic (exact) mass is 417 g/mol. The number of amides is 2. The van der Waals surface area contributed by atoms with Crippen molar-refractivity contribution < 1.29 is 28.7 Å². The number of benzene rings is 2. The molecule has 0 saturated heterocycles. The molecule has 0 spiro atoms. The van der Waals surface area contributed by atoms with E-state index in [0.717, 1.165) is 6.07 Å². The Morgan fingerprint density at radius 2 is 1.63 bits per heavy atom. The molecular formula is C20H23N3O7. The number of nitrogens with zero attached hydrogens (tertiary/aromatic N) is 1. The van der Waals surface area contributed by atoms with Gasteiger partial charge in [0.05, 0.1) is 24.7 Å². The molecule has 10 heteroatoms. The quantitative estimate of drug-likeness (QED) is 0.345. The van der Waals surface area contributed by atoms with Gasteiger partial charge in [-0.15, -0.1) is 0 Å². The van der Waals surface area contributed by atoms with Crippen molar-refractivity contribution in [3.8, 4) is 11.5 Å². The molecule has 0 aliphatic rings. The number of carbonyl (C=O) groups is 2. The van der Waals surface area contributed by atoms with Crippen LogP contribution in [0.2, 0.25) is 0 Å². The van der Waals surface area contributed by atoms with Crippen LogP contribution in [0.4, 0.5) is 17.1 Å². The second kappa shape index (κ2) is 10.8. The van der Waals surface area contributed by atoms with Gasteiger partial charge in [-0.3, -0.25) is 19.7 Å². The molecule has 0 atom stereocenters. The zero-order chi connectivity index (χ0) is 22.1. The SMILES string of the molecule is CCC(=O)Nc1ccc(NC(=O)c2cc(OC)c(OCCOC)cc2[N+](=O)[O-])cc1. The first-order valence-electron chi connectivity index (χ1n) is 9.09. The molecule has 0 fully saturated rings. The Morgan fingerprint density at radius 3 is 2.17 bits per heavy atom. The number of hydrogen-bond donors (Lipinski definition) is 2. The van der Waals surface area contributed by atoms with E-state index in [1.165, 1.54) is 20.3 Å². The minimum atomic E-state index is -0.686. The molecule has 0 aliphatic carbocycles. The molecule has 2 N–H and O–H groups in total. The number of hydrogen-bond acceptors (Lipinski definition) is 7. The summed E-state index contributed by atoms with van der Waals surface area (Å²) < 4.78 is 15.5. The van der Waals surface area contributed by atoms with Gasteiger partial charge in [-0.05, 0) is 24.3 Å². The Bertz CT molecular complexity index is 913. The third kappa shape index (κ3) is 5.92. The second-order valence-electron chi connectivity index (χ2n) is 6.05. The predicted octanol–water partition coefficient (Wildman–Crippen LogP) is 3.23. The predicted molar refractivity (Wildman–Crippen MR) is 110 cm³/mol. The molecule has 10 nitrogen and oxygen atoms in total. The molecule has 0 heterocycles. The van der Waals surface area contributed by atoms with Gasteiger partial charge >= 0.3 is 0 Å². The number of nitro groups is 1. The van der Waals surface area contributed by atoms with Crippen LogP contribution in [0.25, 0.3) is 0 Å². The number of nitro benzene ring substituents is 1. The van der Waals surface area contributed by atoms with Crippen LogP contribution in [0.15, 0.2) is 36.4 Å². The minimum absolute atomic E-state index is 0.133. The summed E-state index contributed by atoms with van der Waals surface area (Å²) in [6, 6.07) is 8.79. The van der Waals surface area contributed by atoms with Gasteiger partial charge in [0.2, 0.25) is 5.91 Å². The molecule has 30 heavy (non-hydrogen) atoms. The maximum Gasteiger partial charge on any atom is 0.286 e. The summed E-state index contributed by atoms with van der Waals surface area (Å²) in [6.45, 7) is 2.18. The van der Waals surface area contributed by atoms with Gasteiger partial charge < -0.3 is 24.8 Å². The van der Waals surface area contributed by atoms with Crippen LogP contribution in [-0.4, -0.2) is 44.2 Å². The fraction of sp³-hybridized carbons (Fsp3) is 0.300. The van der Waals surface area contributed by atoms with E-state index in [-0.39, 0.29) is 36.2 Å². The molecule has 0 aromatic heterocycles. The Kier molecular flexibility index (Phi) is 8.12. The number of methoxy groups -OCH3 is 2. The van der Waals surface area contributed by atoms with E-state index in [1.54, 1.807) is 31.2 Å². The third-order valence-electron chi connectivity index (χ3n) is 4.02. The van der Waals surface area contributed by atoms with Crippen LogP contribution in [0, 0.1) is 10.1 Å². The van der Waals surface area contributed by atoms with Crippen LogP contribution in [0.3, 0.4) is 0 Å². The summed E-state index contributed by atoms with van der Waals surface area (Å²) in [4.78, 5) is 34.9. The summed E-state index contributed by atoms with van der Waals surface area (Å²) in [5, 5.41) is 16.8. The van der Waals surface area contributed by atoms with E-state index in [0.29, 0.717) is 17.8 Å². The highest BCUT2D eigenvalue weighted by Crippen LogP contribution is 2.35. The maximum absolute atomic E-state index is 12.7. The molecule has 2 amide bonds. The van der Waals surface area contributed by atoms with E-state index in [4.69, 9.17) is 14.2 Å². The highest BCUT2D eigenvalue weighted by molar-refractivity contribution is 6.07. The summed E-state index contributed by atoms with van der Waals surface area (Å²) in [5.41, 5.74) is 0.375. The molecule has 2 aromatic rings. The number of rotatable bonds is 10. The third-order valence-corrected chi connectivity index (χ3v) is 4.02. The Hall–Kier alpha value is -3.66. The van der Waals surface area contributed by atoms with Crippen LogP contribution in [0.5, 0.6) is 11.5 Å². The maximum atomic E-state index is 12.7. The van der Waals surface area contributed by atoms with E-state index in [1.807, 2.05) is 0 Å². The van der Waals surface area contributed by atoms with Gasteiger partial charge in [-0.2, -0.15) is 0 Å². The number of ether oxygens (including phenoxy) is 3. The van der Waals surface area contributed by atoms with Gasteiger partial charge in [0.25, 0.3) is 11.6 Å². The lowest BCUT2D eigenvalue weighted by atomic mass is 10.1. The minimum Gasteiger partial charge on any atom is -0.493 e. The summed E-state index contributed by atoms with van der Waals surface area (Å²) in [5.74, 6) is -0.510. The highest BCUT2D eigenvalue weighted by Gasteiger charge is 2.25. The van der Waals surface area contributed by atoms with Crippen molar-refractivity contribution >= 4 is 28.9 Å². The topological polar surface area (TPSA) is 129 Å². The van der Waals surface area contributed by atoms with Crippen molar-refractivity contribution in [3.05, 3.63) is 52.1 Å². The number of anilines is 2. The van der Waals surface area contributed by atoms with Crippen molar-refractivity contribution in [3.63, 3.8) is 0 Å². The molecule has 0 bridgehead atoms. The second-order valence-corrected chi connectivity index (χ2v) is 6.05. The molecule has 0 aliphatic heterocycles. The lowest BCUT2D eigenvalue weighted by molar-refractivity contribution is -0.385. The van der Waals surface area contributed by atoms with Crippen molar-refractivity contribution in [2.75, 3.05) is 38.1 Å². The Balaban J connectivity index is 2.25. The van der Waals surface area contributed by atoms with Crippen molar-refractivity contribution in [2.45, 2.75) is 13.3 Å². The number of carbonyl (C=O) groups excluding carboxylic acids is 2. The van der Waals surface area contributed by atoms with E-state index in [9.17, 15) is 19.7 Å². The first-order chi connectivity index (χ1) is 14.4. The highest BCUT2D eigenvalue weighted by atomic mass is 16.6. The first kappa shape index (κ1) is 22.6. The van der Waals surface area contributed by atoms with Gasteiger partial charge in [0.1, 0.15) is 12.2 Å². The van der Waals surface area contributed by atoms with Gasteiger partial charge in [0, 0.05) is 31.0 Å². The van der Waals surface area contributed by atoms with E-state index < -0.39 is 16.5 Å². The number of nitrogens with one attached hydrogen (secondary N) is 2. The van der Waals surface area contributed by atoms with Gasteiger partial charge in [-0.1, -0.05) is 6.92 Å². The molecular weight excluding hydrogens is 394 g/mol. The van der Waals surface area contributed by atoms with Crippen LogP contribution in [-0.2, 0) is 9.53 Å². The average molecular weight is 417 g/mol. The summed E-state index contributed by atoms with van der Waals surface area (Å²) in [7, 11) is 2.87. The van der Waals surface area contributed by atoms with E-state index >= 15 is 0 Å². The first-order valence-corrected chi connectivity index (χ1v) is 9.09. The largest absolute Gasteiger partial charge is 0.493 e.